The number of amides is 1. The SMILES string of the molecule is C=C(CCC(=O)N1N=CCC1c1ccccc1C)COc1ccc(C#N)cn1. The molecular weight excluding hydrogens is 352 g/mol. The lowest BCUT2D eigenvalue weighted by atomic mass is 9.99. The van der Waals surface area contributed by atoms with Crippen molar-refractivity contribution in [3.05, 3.63) is 71.4 Å². The minimum atomic E-state index is -0.0407. The van der Waals surface area contributed by atoms with Crippen LogP contribution in [-0.2, 0) is 4.79 Å². The molecule has 3 rings (SSSR count). The van der Waals surface area contributed by atoms with Crippen LogP contribution in [-0.4, -0.2) is 28.7 Å². The van der Waals surface area contributed by atoms with Crippen LogP contribution in [0.4, 0.5) is 0 Å². The van der Waals surface area contributed by atoms with Crippen LogP contribution in [0.2, 0.25) is 0 Å². The van der Waals surface area contributed by atoms with Crippen molar-refractivity contribution < 1.29 is 9.53 Å². The molecule has 0 radical (unpaired) electrons. The Balaban J connectivity index is 1.50. The molecule has 2 heterocycles. The van der Waals surface area contributed by atoms with Crippen molar-refractivity contribution in [2.45, 2.75) is 32.2 Å². The second kappa shape index (κ2) is 8.96. The summed E-state index contributed by atoms with van der Waals surface area (Å²) < 4.78 is 5.56. The largest absolute Gasteiger partial charge is 0.473 e. The molecule has 6 heteroatoms. The molecule has 6 nitrogen and oxygen atoms in total. The lowest BCUT2D eigenvalue weighted by Crippen LogP contribution is -2.27. The molecule has 0 N–H and O–H groups in total. The van der Waals surface area contributed by atoms with Gasteiger partial charge in [0.25, 0.3) is 0 Å². The van der Waals surface area contributed by atoms with Gasteiger partial charge in [-0.2, -0.15) is 10.4 Å². The molecule has 0 saturated carbocycles. The van der Waals surface area contributed by atoms with Gasteiger partial charge in [-0.15, -0.1) is 0 Å². The molecule has 1 aromatic carbocycles. The summed E-state index contributed by atoms with van der Waals surface area (Å²) in [6.45, 7) is 6.30. The van der Waals surface area contributed by atoms with Gasteiger partial charge < -0.3 is 4.74 Å². The molecule has 1 aliphatic heterocycles. The standard InChI is InChI=1S/C22H22N4O2/c1-16(15-28-21-9-8-18(13-23)14-24-21)7-10-22(27)26-20(11-12-25-26)19-6-4-3-5-17(19)2/h3-6,8-9,12,14,20H,1,7,10-11,15H2,2H3. The number of ether oxygens (including phenoxy) is 1. The van der Waals surface area contributed by atoms with Crippen LogP contribution in [0.1, 0.15) is 42.0 Å². The Hall–Kier alpha value is -3.46. The number of benzene rings is 1. The maximum absolute atomic E-state index is 12.7. The van der Waals surface area contributed by atoms with Crippen molar-refractivity contribution in [2.75, 3.05) is 6.61 Å². The van der Waals surface area contributed by atoms with Gasteiger partial charge in [0.05, 0.1) is 11.6 Å². The van der Waals surface area contributed by atoms with E-state index in [0.29, 0.717) is 24.3 Å². The van der Waals surface area contributed by atoms with Crippen LogP contribution in [0.3, 0.4) is 0 Å². The predicted octanol–water partition coefficient (Wildman–Crippen LogP) is 3.94. The van der Waals surface area contributed by atoms with E-state index in [1.54, 1.807) is 23.4 Å². The highest BCUT2D eigenvalue weighted by molar-refractivity contribution is 5.80. The number of hydrazone groups is 1. The molecule has 0 spiro atoms. The van der Waals surface area contributed by atoms with Crippen molar-refractivity contribution in [3.8, 4) is 11.9 Å². The summed E-state index contributed by atoms with van der Waals surface area (Å²) in [7, 11) is 0. The molecule has 28 heavy (non-hydrogen) atoms. The van der Waals surface area contributed by atoms with Crippen LogP contribution in [0.25, 0.3) is 0 Å². The molecule has 1 aromatic heterocycles. The fraction of sp³-hybridized carbons (Fsp3) is 0.273. The number of hydrogen-bond donors (Lipinski definition) is 0. The molecule has 1 amide bonds. The van der Waals surface area contributed by atoms with E-state index < -0.39 is 0 Å². The summed E-state index contributed by atoms with van der Waals surface area (Å²) in [4.78, 5) is 16.7. The predicted molar refractivity (Wildman–Crippen MR) is 107 cm³/mol. The van der Waals surface area contributed by atoms with E-state index in [9.17, 15) is 4.79 Å². The fourth-order valence-electron chi connectivity index (χ4n) is 3.05. The van der Waals surface area contributed by atoms with Crippen molar-refractivity contribution >= 4 is 12.1 Å². The van der Waals surface area contributed by atoms with E-state index in [-0.39, 0.29) is 18.6 Å². The van der Waals surface area contributed by atoms with Gasteiger partial charge in [-0.25, -0.2) is 9.99 Å². The van der Waals surface area contributed by atoms with Crippen molar-refractivity contribution in [1.82, 2.24) is 9.99 Å². The van der Waals surface area contributed by atoms with Crippen molar-refractivity contribution in [3.63, 3.8) is 0 Å². The van der Waals surface area contributed by atoms with Gasteiger partial charge in [-0.05, 0) is 36.1 Å². The quantitative estimate of drug-likeness (QED) is 0.688. The van der Waals surface area contributed by atoms with E-state index in [2.05, 4.69) is 16.7 Å². The van der Waals surface area contributed by atoms with E-state index in [1.165, 1.54) is 6.20 Å². The summed E-state index contributed by atoms with van der Waals surface area (Å²) >= 11 is 0. The van der Waals surface area contributed by atoms with E-state index in [0.717, 1.165) is 23.1 Å². The molecule has 0 fully saturated rings. The summed E-state index contributed by atoms with van der Waals surface area (Å²) in [5.41, 5.74) is 3.56. The maximum atomic E-state index is 12.7. The highest BCUT2D eigenvalue weighted by Crippen LogP contribution is 2.31. The Kier molecular flexibility index (Phi) is 6.18. The zero-order valence-electron chi connectivity index (χ0n) is 15.8. The second-order valence-corrected chi connectivity index (χ2v) is 6.68. The highest BCUT2D eigenvalue weighted by atomic mass is 16.5. The van der Waals surface area contributed by atoms with Crippen LogP contribution < -0.4 is 4.74 Å². The summed E-state index contributed by atoms with van der Waals surface area (Å²) in [6.07, 6.45) is 4.82. The highest BCUT2D eigenvalue weighted by Gasteiger charge is 2.28. The summed E-state index contributed by atoms with van der Waals surface area (Å²) in [5, 5.41) is 14.6. The first kappa shape index (κ1) is 19.3. The topological polar surface area (TPSA) is 78.6 Å². The number of carbonyl (C=O) groups excluding carboxylic acids is 1. The van der Waals surface area contributed by atoms with Gasteiger partial charge >= 0.3 is 0 Å². The smallest absolute Gasteiger partial charge is 0.243 e. The normalized spacial score (nSPS) is 15.3. The van der Waals surface area contributed by atoms with Gasteiger partial charge in [0, 0.05) is 31.3 Å². The summed E-state index contributed by atoms with van der Waals surface area (Å²) in [5.74, 6) is 0.398. The lowest BCUT2D eigenvalue weighted by molar-refractivity contribution is -0.133. The monoisotopic (exact) mass is 374 g/mol. The van der Waals surface area contributed by atoms with Crippen LogP contribution in [0, 0.1) is 18.3 Å². The first-order valence-corrected chi connectivity index (χ1v) is 9.14. The lowest BCUT2D eigenvalue weighted by Gasteiger charge is -2.23. The van der Waals surface area contributed by atoms with Crippen molar-refractivity contribution in [1.29, 1.82) is 5.26 Å². The Morgan fingerprint density at radius 3 is 2.86 bits per heavy atom. The summed E-state index contributed by atoms with van der Waals surface area (Å²) in [6, 6.07) is 13.3. The fourth-order valence-corrected chi connectivity index (χ4v) is 3.05. The molecule has 0 saturated heterocycles. The van der Waals surface area contributed by atoms with E-state index in [4.69, 9.17) is 10.00 Å². The van der Waals surface area contributed by atoms with Gasteiger partial charge in [-0.1, -0.05) is 30.8 Å². The Bertz CT molecular complexity index is 928. The zero-order chi connectivity index (χ0) is 19.9. The third-order valence-corrected chi connectivity index (χ3v) is 4.61. The third kappa shape index (κ3) is 4.63. The number of pyridine rings is 1. The Morgan fingerprint density at radius 1 is 1.32 bits per heavy atom. The van der Waals surface area contributed by atoms with Gasteiger partial charge in [0.15, 0.2) is 0 Å². The Labute approximate surface area is 164 Å². The van der Waals surface area contributed by atoms with E-state index in [1.807, 2.05) is 37.3 Å². The Morgan fingerprint density at radius 2 is 2.14 bits per heavy atom. The molecular formula is C22H22N4O2. The minimum absolute atomic E-state index is 0.0281. The first-order valence-electron chi connectivity index (χ1n) is 9.14. The van der Waals surface area contributed by atoms with Crippen LogP contribution in [0.5, 0.6) is 5.88 Å². The average Bonchev–Trinajstić information content (AvgIpc) is 3.21. The number of aryl methyl sites for hydroxylation is 1. The third-order valence-electron chi connectivity index (χ3n) is 4.61. The van der Waals surface area contributed by atoms with Gasteiger partial charge in [-0.3, -0.25) is 4.79 Å². The molecule has 0 bridgehead atoms. The van der Waals surface area contributed by atoms with Gasteiger partial charge in [0.2, 0.25) is 11.8 Å². The first-order chi connectivity index (χ1) is 13.6. The molecule has 2 aromatic rings. The molecule has 142 valence electrons. The van der Waals surface area contributed by atoms with Crippen LogP contribution in [0.15, 0.2) is 59.8 Å². The number of nitrogens with zero attached hydrogens (tertiary/aromatic N) is 4. The average molecular weight is 374 g/mol. The number of hydrogen-bond acceptors (Lipinski definition) is 5. The van der Waals surface area contributed by atoms with E-state index >= 15 is 0 Å². The number of aromatic nitrogens is 1. The molecule has 1 unspecified atom stereocenters. The number of rotatable bonds is 7. The number of nitriles is 1. The second-order valence-electron chi connectivity index (χ2n) is 6.68. The molecule has 1 aliphatic rings. The minimum Gasteiger partial charge on any atom is -0.473 e. The molecule has 0 aliphatic carbocycles. The molecule has 1 atom stereocenters. The number of carbonyl (C=O) groups is 1. The van der Waals surface area contributed by atoms with Crippen molar-refractivity contribution in [2.24, 2.45) is 5.10 Å². The van der Waals surface area contributed by atoms with Crippen LogP contribution >= 0.6 is 0 Å². The van der Waals surface area contributed by atoms with Gasteiger partial charge in [0.1, 0.15) is 12.7 Å². The zero-order valence-corrected chi connectivity index (χ0v) is 15.8. The maximum Gasteiger partial charge on any atom is 0.243 e.